The normalized spacial score (nSPS) is 10.3. The molecule has 5 heteroatoms. The summed E-state index contributed by atoms with van der Waals surface area (Å²) < 4.78 is 7.09. The molecule has 1 amide bonds. The number of aromatic nitrogens is 2. The molecule has 0 bridgehead atoms. The van der Waals surface area contributed by atoms with Crippen LogP contribution in [0.4, 0.5) is 0 Å². The van der Waals surface area contributed by atoms with Crippen molar-refractivity contribution >= 4 is 5.91 Å². The zero-order valence-corrected chi connectivity index (χ0v) is 12.0. The van der Waals surface area contributed by atoms with Crippen molar-refractivity contribution in [3.63, 3.8) is 0 Å². The Morgan fingerprint density at radius 1 is 1.40 bits per heavy atom. The Hall–Kier alpha value is -2.30. The van der Waals surface area contributed by atoms with Crippen molar-refractivity contribution in [1.82, 2.24) is 15.1 Å². The second-order valence-electron chi connectivity index (χ2n) is 4.45. The minimum Gasteiger partial charge on any atom is -0.496 e. The van der Waals surface area contributed by atoms with Crippen molar-refractivity contribution in [2.75, 3.05) is 7.11 Å². The summed E-state index contributed by atoms with van der Waals surface area (Å²) in [5, 5.41) is 7.16. The van der Waals surface area contributed by atoms with Gasteiger partial charge in [-0.3, -0.25) is 9.48 Å². The van der Waals surface area contributed by atoms with Crippen molar-refractivity contribution in [3.05, 3.63) is 47.3 Å². The number of aryl methyl sites for hydroxylation is 1. The lowest BCUT2D eigenvalue weighted by Gasteiger charge is -2.09. The molecule has 0 spiro atoms. The van der Waals surface area contributed by atoms with E-state index in [0.29, 0.717) is 17.9 Å². The van der Waals surface area contributed by atoms with E-state index in [1.807, 2.05) is 30.7 Å². The fourth-order valence-corrected chi connectivity index (χ4v) is 2.08. The minimum atomic E-state index is -0.147. The van der Waals surface area contributed by atoms with Gasteiger partial charge in [-0.1, -0.05) is 12.1 Å². The third kappa shape index (κ3) is 2.82. The fraction of sp³-hybridized carbons (Fsp3) is 0.333. The maximum atomic E-state index is 12.2. The Kier molecular flexibility index (Phi) is 4.40. The lowest BCUT2D eigenvalue weighted by atomic mass is 10.2. The van der Waals surface area contributed by atoms with E-state index in [1.54, 1.807) is 25.4 Å². The number of hydrogen-bond acceptors (Lipinski definition) is 3. The molecule has 0 radical (unpaired) electrons. The summed E-state index contributed by atoms with van der Waals surface area (Å²) in [5.41, 5.74) is 2.64. The summed E-state index contributed by atoms with van der Waals surface area (Å²) >= 11 is 0. The summed E-state index contributed by atoms with van der Waals surface area (Å²) in [6.07, 6.45) is 1.79. The number of ether oxygens (including phenoxy) is 1. The highest BCUT2D eigenvalue weighted by Crippen LogP contribution is 2.17. The van der Waals surface area contributed by atoms with E-state index in [1.165, 1.54) is 0 Å². The molecular formula is C15H19N3O2. The Bertz CT molecular complexity index is 605. The van der Waals surface area contributed by atoms with Crippen LogP contribution >= 0.6 is 0 Å². The van der Waals surface area contributed by atoms with Gasteiger partial charge in [0.25, 0.3) is 5.91 Å². The molecule has 0 aliphatic rings. The standard InChI is InChI=1S/C15H19N3O2/c1-4-18-11(2)12(10-17-18)9-16-15(19)13-7-5-6-8-14(13)20-3/h5-8,10H,4,9H2,1-3H3,(H,16,19). The number of methoxy groups -OCH3 is 1. The van der Waals surface area contributed by atoms with Crippen molar-refractivity contribution in [1.29, 1.82) is 0 Å². The van der Waals surface area contributed by atoms with Crippen LogP contribution < -0.4 is 10.1 Å². The number of nitrogens with zero attached hydrogens (tertiary/aromatic N) is 2. The lowest BCUT2D eigenvalue weighted by molar-refractivity contribution is 0.0948. The highest BCUT2D eigenvalue weighted by atomic mass is 16.5. The smallest absolute Gasteiger partial charge is 0.255 e. The molecule has 0 unspecified atom stereocenters. The van der Waals surface area contributed by atoms with E-state index in [0.717, 1.165) is 17.8 Å². The van der Waals surface area contributed by atoms with Gasteiger partial charge in [0.1, 0.15) is 5.75 Å². The molecule has 0 aliphatic heterocycles. The number of carbonyl (C=O) groups excluding carboxylic acids is 1. The molecule has 0 aliphatic carbocycles. The second-order valence-corrected chi connectivity index (χ2v) is 4.45. The Morgan fingerprint density at radius 3 is 2.80 bits per heavy atom. The monoisotopic (exact) mass is 273 g/mol. The van der Waals surface area contributed by atoms with Crippen LogP contribution in [0.25, 0.3) is 0 Å². The van der Waals surface area contributed by atoms with Gasteiger partial charge in [0.15, 0.2) is 0 Å². The largest absolute Gasteiger partial charge is 0.496 e. The van der Waals surface area contributed by atoms with E-state index < -0.39 is 0 Å². The molecule has 1 aromatic heterocycles. The first-order valence-electron chi connectivity index (χ1n) is 6.59. The van der Waals surface area contributed by atoms with Crippen molar-refractivity contribution in [3.8, 4) is 5.75 Å². The maximum absolute atomic E-state index is 12.2. The maximum Gasteiger partial charge on any atom is 0.255 e. The Labute approximate surface area is 118 Å². The summed E-state index contributed by atoms with van der Waals surface area (Å²) in [6.45, 7) is 5.33. The highest BCUT2D eigenvalue weighted by Gasteiger charge is 2.12. The van der Waals surface area contributed by atoms with Crippen LogP contribution in [-0.4, -0.2) is 22.8 Å². The van der Waals surface area contributed by atoms with Gasteiger partial charge in [-0.05, 0) is 26.0 Å². The van der Waals surface area contributed by atoms with Gasteiger partial charge in [0, 0.05) is 24.3 Å². The minimum absolute atomic E-state index is 0.147. The summed E-state index contributed by atoms with van der Waals surface area (Å²) in [6, 6.07) is 7.18. The van der Waals surface area contributed by atoms with Gasteiger partial charge in [0.05, 0.1) is 18.9 Å². The molecule has 106 valence electrons. The molecule has 0 fully saturated rings. The number of hydrogen-bond donors (Lipinski definition) is 1. The van der Waals surface area contributed by atoms with Crippen molar-refractivity contribution < 1.29 is 9.53 Å². The van der Waals surface area contributed by atoms with E-state index in [9.17, 15) is 4.79 Å². The average molecular weight is 273 g/mol. The summed E-state index contributed by atoms with van der Waals surface area (Å²) in [4.78, 5) is 12.2. The number of benzene rings is 1. The third-order valence-electron chi connectivity index (χ3n) is 3.30. The molecule has 0 saturated carbocycles. The number of carbonyl (C=O) groups is 1. The Morgan fingerprint density at radius 2 is 2.15 bits per heavy atom. The summed E-state index contributed by atoms with van der Waals surface area (Å²) in [5.74, 6) is 0.428. The zero-order valence-electron chi connectivity index (χ0n) is 12.0. The Balaban J connectivity index is 2.07. The van der Waals surface area contributed by atoms with Gasteiger partial charge in [-0.15, -0.1) is 0 Å². The molecule has 2 aromatic rings. The number of nitrogens with one attached hydrogen (secondary N) is 1. The molecule has 1 aromatic carbocycles. The summed E-state index contributed by atoms with van der Waals surface area (Å²) in [7, 11) is 1.56. The van der Waals surface area contributed by atoms with Crippen LogP contribution in [0.15, 0.2) is 30.5 Å². The molecule has 5 nitrogen and oxygen atoms in total. The number of para-hydroxylation sites is 1. The van der Waals surface area contributed by atoms with E-state index in [-0.39, 0.29) is 5.91 Å². The SMILES string of the molecule is CCn1ncc(CNC(=O)c2ccccc2OC)c1C. The molecule has 20 heavy (non-hydrogen) atoms. The van der Waals surface area contributed by atoms with Crippen LogP contribution in [-0.2, 0) is 13.1 Å². The first-order valence-corrected chi connectivity index (χ1v) is 6.59. The fourth-order valence-electron chi connectivity index (χ4n) is 2.08. The zero-order chi connectivity index (χ0) is 14.5. The van der Waals surface area contributed by atoms with E-state index in [4.69, 9.17) is 4.74 Å². The predicted octanol–water partition coefficient (Wildman–Crippen LogP) is 2.15. The van der Waals surface area contributed by atoms with Crippen molar-refractivity contribution in [2.45, 2.75) is 26.9 Å². The average Bonchev–Trinajstić information content (AvgIpc) is 2.85. The molecule has 0 atom stereocenters. The first kappa shape index (κ1) is 14.1. The van der Waals surface area contributed by atoms with E-state index in [2.05, 4.69) is 10.4 Å². The first-order chi connectivity index (χ1) is 9.67. The van der Waals surface area contributed by atoms with Gasteiger partial charge in [0.2, 0.25) is 0 Å². The highest BCUT2D eigenvalue weighted by molar-refractivity contribution is 5.96. The van der Waals surface area contributed by atoms with Crippen LogP contribution in [0.2, 0.25) is 0 Å². The third-order valence-corrected chi connectivity index (χ3v) is 3.30. The van der Waals surface area contributed by atoms with E-state index >= 15 is 0 Å². The van der Waals surface area contributed by atoms with Gasteiger partial charge >= 0.3 is 0 Å². The topological polar surface area (TPSA) is 56.2 Å². The van der Waals surface area contributed by atoms with Crippen LogP contribution in [0.5, 0.6) is 5.75 Å². The second kappa shape index (κ2) is 6.23. The van der Waals surface area contributed by atoms with Crippen molar-refractivity contribution in [2.24, 2.45) is 0 Å². The lowest BCUT2D eigenvalue weighted by Crippen LogP contribution is -2.23. The van der Waals surface area contributed by atoms with Gasteiger partial charge < -0.3 is 10.1 Å². The van der Waals surface area contributed by atoms with Crippen LogP contribution in [0, 0.1) is 6.92 Å². The van der Waals surface area contributed by atoms with Crippen LogP contribution in [0.3, 0.4) is 0 Å². The number of rotatable bonds is 5. The quantitative estimate of drug-likeness (QED) is 0.908. The van der Waals surface area contributed by atoms with Gasteiger partial charge in [-0.2, -0.15) is 5.10 Å². The molecular weight excluding hydrogens is 254 g/mol. The molecule has 1 heterocycles. The predicted molar refractivity (Wildman–Crippen MR) is 76.8 cm³/mol. The number of amides is 1. The molecule has 0 saturated heterocycles. The molecule has 1 N–H and O–H groups in total. The molecule has 2 rings (SSSR count). The van der Waals surface area contributed by atoms with Crippen LogP contribution in [0.1, 0.15) is 28.5 Å². The van der Waals surface area contributed by atoms with Gasteiger partial charge in [-0.25, -0.2) is 0 Å².